The number of hydrogen-bond acceptors (Lipinski definition) is 3. The van der Waals surface area contributed by atoms with E-state index in [0.29, 0.717) is 18.0 Å². The van der Waals surface area contributed by atoms with Gasteiger partial charge < -0.3 is 10.1 Å². The van der Waals surface area contributed by atoms with Crippen LogP contribution in [0.5, 0.6) is 5.75 Å². The molecule has 0 radical (unpaired) electrons. The predicted molar refractivity (Wildman–Crippen MR) is 77.9 cm³/mol. The van der Waals surface area contributed by atoms with Crippen molar-refractivity contribution in [3.05, 3.63) is 51.2 Å². The molecule has 2 rings (SSSR count). The Kier molecular flexibility index (Phi) is 4.82. The highest BCUT2D eigenvalue weighted by atomic mass is 35.5. The average Bonchev–Trinajstić information content (AvgIpc) is 2.89. The lowest BCUT2D eigenvalue weighted by molar-refractivity contribution is -0.120. The molecule has 0 spiro atoms. The largest absolute Gasteiger partial charge is 0.496 e. The number of thiophene rings is 1. The Morgan fingerprint density at radius 1 is 1.42 bits per heavy atom. The zero-order chi connectivity index (χ0) is 13.7. The second-order valence-electron chi connectivity index (χ2n) is 3.99. The molecular formula is C14H14ClNO2S. The second kappa shape index (κ2) is 6.59. The van der Waals surface area contributed by atoms with E-state index in [1.165, 1.54) is 0 Å². The molecule has 0 fully saturated rings. The molecule has 1 N–H and O–H groups in total. The van der Waals surface area contributed by atoms with E-state index in [2.05, 4.69) is 5.32 Å². The van der Waals surface area contributed by atoms with Crippen molar-refractivity contribution in [3.63, 3.8) is 0 Å². The Labute approximate surface area is 121 Å². The number of halogens is 1. The summed E-state index contributed by atoms with van der Waals surface area (Å²) in [4.78, 5) is 12.8. The second-order valence-corrected chi connectivity index (χ2v) is 5.46. The van der Waals surface area contributed by atoms with Crippen molar-refractivity contribution < 1.29 is 9.53 Å². The maximum Gasteiger partial charge on any atom is 0.225 e. The third-order valence-corrected chi connectivity index (χ3v) is 3.74. The quantitative estimate of drug-likeness (QED) is 0.919. The number of rotatable bonds is 5. The molecule has 0 aliphatic carbocycles. The van der Waals surface area contributed by atoms with Gasteiger partial charge >= 0.3 is 0 Å². The van der Waals surface area contributed by atoms with Gasteiger partial charge in [0.05, 0.1) is 13.5 Å². The molecule has 0 saturated carbocycles. The van der Waals surface area contributed by atoms with Gasteiger partial charge in [-0.3, -0.25) is 4.79 Å². The van der Waals surface area contributed by atoms with Crippen LogP contribution in [0.15, 0.2) is 35.7 Å². The summed E-state index contributed by atoms with van der Waals surface area (Å²) >= 11 is 7.51. The molecule has 0 saturated heterocycles. The first-order valence-corrected chi connectivity index (χ1v) is 7.06. The van der Waals surface area contributed by atoms with Crippen LogP contribution in [0, 0.1) is 0 Å². The van der Waals surface area contributed by atoms with E-state index < -0.39 is 0 Å². The third-order valence-electron chi connectivity index (χ3n) is 2.63. The van der Waals surface area contributed by atoms with Crippen LogP contribution in [0.1, 0.15) is 10.4 Å². The summed E-state index contributed by atoms with van der Waals surface area (Å²) in [6.07, 6.45) is 0.403. The van der Waals surface area contributed by atoms with Gasteiger partial charge in [0.1, 0.15) is 5.75 Å². The molecule has 100 valence electrons. The van der Waals surface area contributed by atoms with Gasteiger partial charge in [-0.05, 0) is 29.6 Å². The maximum absolute atomic E-state index is 11.8. The van der Waals surface area contributed by atoms with Crippen LogP contribution in [-0.2, 0) is 17.8 Å². The molecule has 0 bridgehead atoms. The predicted octanol–water partition coefficient (Wildman–Crippen LogP) is 3.27. The molecule has 1 aromatic carbocycles. The summed E-state index contributed by atoms with van der Waals surface area (Å²) in [6.45, 7) is 0.411. The van der Waals surface area contributed by atoms with E-state index >= 15 is 0 Å². The Morgan fingerprint density at radius 3 is 2.95 bits per heavy atom. The highest BCUT2D eigenvalue weighted by molar-refractivity contribution is 7.10. The summed E-state index contributed by atoms with van der Waals surface area (Å²) in [7, 11) is 1.60. The van der Waals surface area contributed by atoms with Crippen LogP contribution in [0.3, 0.4) is 0 Å². The molecule has 0 atom stereocenters. The minimum atomic E-state index is -0.00974. The zero-order valence-corrected chi connectivity index (χ0v) is 12.1. The van der Waals surface area contributed by atoms with E-state index in [1.807, 2.05) is 17.5 Å². The van der Waals surface area contributed by atoms with Crippen molar-refractivity contribution in [2.75, 3.05) is 7.11 Å². The Balaban J connectivity index is 1.94. The van der Waals surface area contributed by atoms with E-state index in [4.69, 9.17) is 16.3 Å². The number of amides is 1. The monoisotopic (exact) mass is 295 g/mol. The Bertz CT molecular complexity index is 555. The molecule has 0 aliphatic rings. The fourth-order valence-electron chi connectivity index (χ4n) is 1.71. The van der Waals surface area contributed by atoms with Gasteiger partial charge in [0, 0.05) is 22.0 Å². The lowest BCUT2D eigenvalue weighted by Crippen LogP contribution is -2.24. The molecule has 0 unspecified atom stereocenters. The number of carbonyl (C=O) groups is 1. The summed E-state index contributed by atoms with van der Waals surface area (Å²) in [5.41, 5.74) is 0.870. The molecule has 1 heterocycles. The molecule has 1 amide bonds. The summed E-state index contributed by atoms with van der Waals surface area (Å²) in [5, 5.41) is 5.46. The minimum Gasteiger partial charge on any atom is -0.496 e. The topological polar surface area (TPSA) is 38.3 Å². The molecule has 19 heavy (non-hydrogen) atoms. The van der Waals surface area contributed by atoms with Gasteiger partial charge in [-0.1, -0.05) is 17.7 Å². The van der Waals surface area contributed by atoms with Crippen LogP contribution in [0.2, 0.25) is 5.02 Å². The van der Waals surface area contributed by atoms with Crippen molar-refractivity contribution in [1.29, 1.82) is 0 Å². The molecule has 0 aliphatic heterocycles. The third kappa shape index (κ3) is 3.98. The number of ether oxygens (including phenoxy) is 1. The number of carbonyl (C=O) groups excluding carboxylic acids is 1. The fraction of sp³-hybridized carbons (Fsp3) is 0.214. The van der Waals surface area contributed by atoms with Crippen molar-refractivity contribution in [2.24, 2.45) is 0 Å². The highest BCUT2D eigenvalue weighted by Crippen LogP contribution is 2.22. The van der Waals surface area contributed by atoms with E-state index in [9.17, 15) is 4.79 Å². The van der Waals surface area contributed by atoms with Crippen molar-refractivity contribution in [1.82, 2.24) is 5.32 Å². The highest BCUT2D eigenvalue weighted by Gasteiger charge is 2.07. The Hall–Kier alpha value is -1.52. The molecule has 3 nitrogen and oxygen atoms in total. The van der Waals surface area contributed by atoms with E-state index in [-0.39, 0.29) is 5.91 Å². The van der Waals surface area contributed by atoms with Gasteiger partial charge in [0.15, 0.2) is 0 Å². The molecule has 2 aromatic rings. The van der Waals surface area contributed by atoms with Crippen LogP contribution in [0.4, 0.5) is 0 Å². The first-order valence-electron chi connectivity index (χ1n) is 5.80. The molecule has 1 aromatic heterocycles. The van der Waals surface area contributed by atoms with Crippen LogP contribution in [-0.4, -0.2) is 13.0 Å². The van der Waals surface area contributed by atoms with Crippen molar-refractivity contribution in [2.45, 2.75) is 13.0 Å². The summed E-state index contributed by atoms with van der Waals surface area (Å²) in [6, 6.07) is 9.24. The molecule has 5 heteroatoms. The van der Waals surface area contributed by atoms with Crippen LogP contribution < -0.4 is 10.1 Å². The van der Waals surface area contributed by atoms with Crippen molar-refractivity contribution in [3.8, 4) is 5.75 Å². The van der Waals surface area contributed by atoms with Crippen molar-refractivity contribution >= 4 is 28.8 Å². The van der Waals surface area contributed by atoms with Gasteiger partial charge in [-0.25, -0.2) is 0 Å². The van der Waals surface area contributed by atoms with Gasteiger partial charge in [0.25, 0.3) is 0 Å². The summed E-state index contributed by atoms with van der Waals surface area (Å²) in [5.74, 6) is 0.713. The number of methoxy groups -OCH3 is 1. The standard InChI is InChI=1S/C14H14ClNO2S/c1-18-13-5-4-11(15)7-10(13)9-16-14(17)8-12-3-2-6-19-12/h2-7H,8-9H2,1H3,(H,16,17). The smallest absolute Gasteiger partial charge is 0.225 e. The lowest BCUT2D eigenvalue weighted by atomic mass is 10.2. The summed E-state index contributed by atoms with van der Waals surface area (Å²) < 4.78 is 5.23. The normalized spacial score (nSPS) is 10.2. The van der Waals surface area contributed by atoms with E-state index in [0.717, 1.165) is 16.2 Å². The molecular weight excluding hydrogens is 282 g/mol. The number of nitrogens with one attached hydrogen (secondary N) is 1. The first-order chi connectivity index (χ1) is 9.19. The first kappa shape index (κ1) is 13.9. The number of hydrogen-bond donors (Lipinski definition) is 1. The lowest BCUT2D eigenvalue weighted by Gasteiger charge is -2.10. The van der Waals surface area contributed by atoms with Gasteiger partial charge in [-0.2, -0.15) is 0 Å². The van der Waals surface area contributed by atoms with Crippen LogP contribution >= 0.6 is 22.9 Å². The number of benzene rings is 1. The Morgan fingerprint density at radius 2 is 2.26 bits per heavy atom. The van der Waals surface area contributed by atoms with Gasteiger partial charge in [-0.15, -0.1) is 11.3 Å². The zero-order valence-electron chi connectivity index (χ0n) is 10.5. The van der Waals surface area contributed by atoms with Crippen LogP contribution in [0.25, 0.3) is 0 Å². The van der Waals surface area contributed by atoms with Gasteiger partial charge in [0.2, 0.25) is 5.91 Å². The SMILES string of the molecule is COc1ccc(Cl)cc1CNC(=O)Cc1cccs1. The maximum atomic E-state index is 11.8. The average molecular weight is 296 g/mol. The van der Waals surface area contributed by atoms with E-state index in [1.54, 1.807) is 36.6 Å². The fourth-order valence-corrected chi connectivity index (χ4v) is 2.61. The minimum absolute atomic E-state index is 0.00974.